The van der Waals surface area contributed by atoms with Gasteiger partial charge in [0, 0.05) is 24.1 Å². The minimum atomic E-state index is -0.496. The van der Waals surface area contributed by atoms with E-state index in [1.807, 2.05) is 18.2 Å². The molecule has 1 amide bonds. The summed E-state index contributed by atoms with van der Waals surface area (Å²) in [5.74, 6) is 0.321. The first-order chi connectivity index (χ1) is 15.0. The Bertz CT molecular complexity index is 1240. The Kier molecular flexibility index (Phi) is 6.46. The summed E-state index contributed by atoms with van der Waals surface area (Å²) >= 11 is 14.0. The average molecular weight is 473 g/mol. The number of hydrogen-bond donors (Lipinski definition) is 0. The summed E-state index contributed by atoms with van der Waals surface area (Å²) in [4.78, 5) is 32.1. The molecule has 9 heteroatoms. The summed E-state index contributed by atoms with van der Waals surface area (Å²) in [7, 11) is 0. The third-order valence-corrected chi connectivity index (χ3v) is 6.39. The van der Waals surface area contributed by atoms with Gasteiger partial charge in [-0.1, -0.05) is 59.2 Å². The van der Waals surface area contributed by atoms with Crippen molar-refractivity contribution in [1.82, 2.24) is 14.7 Å². The lowest BCUT2D eigenvalue weighted by Crippen LogP contribution is -2.42. The van der Waals surface area contributed by atoms with Crippen LogP contribution in [0.2, 0.25) is 10.0 Å². The van der Waals surface area contributed by atoms with Gasteiger partial charge in [0.2, 0.25) is 5.43 Å². The predicted molar refractivity (Wildman–Crippen MR) is 126 cm³/mol. The molecule has 0 bridgehead atoms. The number of aromatic nitrogens is 2. The molecule has 6 nitrogen and oxygen atoms in total. The molecule has 31 heavy (non-hydrogen) atoms. The van der Waals surface area contributed by atoms with Crippen LogP contribution in [0, 0.1) is 6.92 Å². The molecule has 2 heterocycles. The number of amidine groups is 1. The average Bonchev–Trinajstić information content (AvgIpc) is 2.76. The minimum absolute atomic E-state index is 0.181. The first kappa shape index (κ1) is 21.6. The zero-order valence-electron chi connectivity index (χ0n) is 16.6. The topological polar surface area (TPSA) is 67.6 Å². The smallest absolute Gasteiger partial charge is 0.284 e. The van der Waals surface area contributed by atoms with Crippen molar-refractivity contribution in [2.24, 2.45) is 4.99 Å². The lowest BCUT2D eigenvalue weighted by Gasteiger charge is -2.27. The maximum Gasteiger partial charge on any atom is 0.284 e. The second-order valence-corrected chi connectivity index (χ2v) is 8.74. The highest BCUT2D eigenvalue weighted by Crippen LogP contribution is 2.28. The number of carbonyl (C=O) groups is 1. The molecular formula is C22H18Cl2N4O2S. The van der Waals surface area contributed by atoms with Crippen molar-refractivity contribution in [2.75, 3.05) is 12.3 Å². The van der Waals surface area contributed by atoms with E-state index in [4.69, 9.17) is 23.2 Å². The van der Waals surface area contributed by atoms with Gasteiger partial charge in [0.05, 0.1) is 21.4 Å². The van der Waals surface area contributed by atoms with E-state index in [0.29, 0.717) is 38.8 Å². The standard InChI is InChI=1S/C22H18Cl2N4O2S/c1-14-13-19(29)20(26-28(14)18-10-5-3-8-16(18)24)21(30)27-11-6-12-31-22(27)25-17-9-4-2-7-15(17)23/h2-5,7-10,13H,6,11-12H2,1H3. The maximum atomic E-state index is 13.4. The summed E-state index contributed by atoms with van der Waals surface area (Å²) in [5, 5.41) is 5.83. The summed E-state index contributed by atoms with van der Waals surface area (Å²) in [6.45, 7) is 2.18. The minimum Gasteiger partial charge on any atom is -0.287 e. The number of benzene rings is 2. The Balaban J connectivity index is 1.76. The van der Waals surface area contributed by atoms with Crippen molar-refractivity contribution >= 4 is 51.7 Å². The van der Waals surface area contributed by atoms with E-state index in [-0.39, 0.29) is 5.69 Å². The molecule has 0 atom stereocenters. The van der Waals surface area contributed by atoms with Gasteiger partial charge in [-0.15, -0.1) is 0 Å². The van der Waals surface area contributed by atoms with Gasteiger partial charge >= 0.3 is 0 Å². The van der Waals surface area contributed by atoms with Crippen molar-refractivity contribution in [1.29, 1.82) is 0 Å². The zero-order valence-corrected chi connectivity index (χ0v) is 18.9. The predicted octanol–water partition coefficient (Wildman–Crippen LogP) is 5.11. The van der Waals surface area contributed by atoms with Crippen LogP contribution in [0.4, 0.5) is 5.69 Å². The molecule has 1 saturated heterocycles. The monoisotopic (exact) mass is 472 g/mol. The van der Waals surface area contributed by atoms with Gasteiger partial charge < -0.3 is 0 Å². The first-order valence-electron chi connectivity index (χ1n) is 9.59. The highest BCUT2D eigenvalue weighted by Gasteiger charge is 2.28. The normalized spacial score (nSPS) is 15.3. The Hall–Kier alpha value is -2.61. The molecule has 1 aliphatic rings. The van der Waals surface area contributed by atoms with Crippen molar-refractivity contribution in [3.05, 3.63) is 86.3 Å². The largest absolute Gasteiger partial charge is 0.287 e. The first-order valence-corrected chi connectivity index (χ1v) is 11.3. The van der Waals surface area contributed by atoms with Gasteiger partial charge in [-0.25, -0.2) is 9.67 Å². The molecule has 1 fully saturated rings. The van der Waals surface area contributed by atoms with Crippen LogP contribution in [0.25, 0.3) is 5.69 Å². The van der Waals surface area contributed by atoms with Gasteiger partial charge in [0.25, 0.3) is 5.91 Å². The van der Waals surface area contributed by atoms with E-state index >= 15 is 0 Å². The van der Waals surface area contributed by atoms with Crippen LogP contribution in [0.5, 0.6) is 0 Å². The molecular weight excluding hydrogens is 455 g/mol. The molecule has 1 aliphatic heterocycles. The summed E-state index contributed by atoms with van der Waals surface area (Å²) < 4.78 is 1.51. The molecule has 0 spiro atoms. The SMILES string of the molecule is Cc1cc(=O)c(C(=O)N2CCCSC2=Nc2ccccc2Cl)nn1-c1ccccc1Cl. The second-order valence-electron chi connectivity index (χ2n) is 6.87. The summed E-state index contributed by atoms with van der Waals surface area (Å²) in [6.07, 6.45) is 0.780. The van der Waals surface area contributed by atoms with Crippen LogP contribution in [0.3, 0.4) is 0 Å². The molecule has 0 radical (unpaired) electrons. The number of rotatable bonds is 3. The van der Waals surface area contributed by atoms with Gasteiger partial charge in [-0.05, 0) is 37.6 Å². The fourth-order valence-electron chi connectivity index (χ4n) is 3.18. The highest BCUT2D eigenvalue weighted by molar-refractivity contribution is 8.13. The molecule has 4 rings (SSSR count). The number of halogens is 2. The number of hydrogen-bond acceptors (Lipinski definition) is 5. The number of aryl methyl sites for hydroxylation is 1. The van der Waals surface area contributed by atoms with Crippen molar-refractivity contribution in [3.63, 3.8) is 0 Å². The fraction of sp³-hybridized carbons (Fsp3) is 0.182. The molecule has 158 valence electrons. The van der Waals surface area contributed by atoms with Gasteiger partial charge in [0.15, 0.2) is 10.9 Å². The van der Waals surface area contributed by atoms with Crippen LogP contribution in [0.15, 0.2) is 64.4 Å². The molecule has 0 unspecified atom stereocenters. The Morgan fingerprint density at radius 3 is 2.55 bits per heavy atom. The third kappa shape index (κ3) is 4.54. The van der Waals surface area contributed by atoms with Gasteiger partial charge in [-0.2, -0.15) is 5.10 Å². The molecule has 1 aromatic heterocycles. The van der Waals surface area contributed by atoms with Crippen LogP contribution >= 0.6 is 35.0 Å². The molecule has 0 saturated carbocycles. The number of carbonyl (C=O) groups excluding carboxylic acids is 1. The van der Waals surface area contributed by atoms with Crippen molar-refractivity contribution in [2.45, 2.75) is 13.3 Å². The number of nitrogens with zero attached hydrogens (tertiary/aromatic N) is 4. The zero-order chi connectivity index (χ0) is 22.0. The number of amides is 1. The van der Waals surface area contributed by atoms with E-state index in [9.17, 15) is 9.59 Å². The Morgan fingerprint density at radius 2 is 1.81 bits per heavy atom. The van der Waals surface area contributed by atoms with Gasteiger partial charge in [0.1, 0.15) is 0 Å². The molecule has 2 aromatic carbocycles. The fourth-order valence-corrected chi connectivity index (χ4v) is 4.52. The highest BCUT2D eigenvalue weighted by atomic mass is 35.5. The van der Waals surface area contributed by atoms with Crippen LogP contribution in [0.1, 0.15) is 22.6 Å². The van der Waals surface area contributed by atoms with Crippen LogP contribution < -0.4 is 5.43 Å². The van der Waals surface area contributed by atoms with E-state index < -0.39 is 11.3 Å². The third-order valence-electron chi connectivity index (χ3n) is 4.69. The van der Waals surface area contributed by atoms with E-state index in [0.717, 1.165) is 12.2 Å². The lowest BCUT2D eigenvalue weighted by molar-refractivity contribution is 0.0840. The van der Waals surface area contributed by atoms with E-state index in [2.05, 4.69) is 10.1 Å². The molecule has 0 N–H and O–H groups in total. The Labute approximate surface area is 193 Å². The van der Waals surface area contributed by atoms with Crippen molar-refractivity contribution < 1.29 is 4.79 Å². The number of aliphatic imine (C=N–C) groups is 1. The number of para-hydroxylation sites is 2. The molecule has 0 aliphatic carbocycles. The Morgan fingerprint density at radius 1 is 1.10 bits per heavy atom. The number of thioether (sulfide) groups is 1. The van der Waals surface area contributed by atoms with E-state index in [1.165, 1.54) is 27.4 Å². The van der Waals surface area contributed by atoms with Crippen LogP contribution in [-0.2, 0) is 0 Å². The molecule has 3 aromatic rings. The second kappa shape index (κ2) is 9.26. The summed E-state index contributed by atoms with van der Waals surface area (Å²) in [6, 6.07) is 15.7. The quantitative estimate of drug-likeness (QED) is 0.530. The maximum absolute atomic E-state index is 13.4. The van der Waals surface area contributed by atoms with E-state index in [1.54, 1.807) is 37.3 Å². The lowest BCUT2D eigenvalue weighted by atomic mass is 10.2. The van der Waals surface area contributed by atoms with Crippen molar-refractivity contribution in [3.8, 4) is 5.69 Å². The van der Waals surface area contributed by atoms with Crippen LogP contribution in [-0.4, -0.2) is 38.1 Å². The van der Waals surface area contributed by atoms with Gasteiger partial charge in [-0.3, -0.25) is 14.5 Å². The summed E-state index contributed by atoms with van der Waals surface area (Å²) in [5.41, 5.74) is 1.11.